The maximum atomic E-state index is 12.1. The van der Waals surface area contributed by atoms with Crippen LogP contribution >= 0.6 is 11.8 Å². The maximum Gasteiger partial charge on any atom is 0.243 e. The Balaban J connectivity index is 1.92. The molecule has 5 heteroatoms. The minimum absolute atomic E-state index is 0.0436. The summed E-state index contributed by atoms with van der Waals surface area (Å²) in [6, 6.07) is 7.81. The average molecular weight is 306 g/mol. The molecule has 1 heterocycles. The first-order valence-electron chi connectivity index (χ1n) is 7.32. The van der Waals surface area contributed by atoms with Crippen LogP contribution < -0.4 is 10.6 Å². The molecule has 1 aliphatic rings. The van der Waals surface area contributed by atoms with Crippen molar-refractivity contribution in [3.05, 3.63) is 29.8 Å². The van der Waals surface area contributed by atoms with Gasteiger partial charge in [0, 0.05) is 16.6 Å². The van der Waals surface area contributed by atoms with Crippen molar-refractivity contribution in [3.8, 4) is 0 Å². The van der Waals surface area contributed by atoms with Crippen molar-refractivity contribution in [2.24, 2.45) is 0 Å². The molecule has 0 spiro atoms. The third kappa shape index (κ3) is 4.49. The first-order chi connectivity index (χ1) is 9.95. The van der Waals surface area contributed by atoms with Crippen LogP contribution in [0.1, 0.15) is 45.2 Å². The summed E-state index contributed by atoms with van der Waals surface area (Å²) in [5.41, 5.74) is 1.07. The summed E-state index contributed by atoms with van der Waals surface area (Å²) in [5, 5.41) is 6.20. The van der Waals surface area contributed by atoms with Gasteiger partial charge in [-0.1, -0.05) is 26.0 Å². The minimum Gasteiger partial charge on any atom is -0.348 e. The van der Waals surface area contributed by atoms with Gasteiger partial charge in [0.05, 0.1) is 6.04 Å². The highest BCUT2D eigenvalue weighted by Gasteiger charge is 2.27. The summed E-state index contributed by atoms with van der Waals surface area (Å²) in [5.74, 6) is -0.146. The van der Waals surface area contributed by atoms with Gasteiger partial charge in [0.2, 0.25) is 11.8 Å². The summed E-state index contributed by atoms with van der Waals surface area (Å²) < 4.78 is 0. The Labute approximate surface area is 130 Å². The highest BCUT2D eigenvalue weighted by atomic mass is 32.2. The van der Waals surface area contributed by atoms with Crippen LogP contribution in [0.25, 0.3) is 0 Å². The monoisotopic (exact) mass is 306 g/mol. The lowest BCUT2D eigenvalue weighted by atomic mass is 10.1. The van der Waals surface area contributed by atoms with E-state index >= 15 is 0 Å². The van der Waals surface area contributed by atoms with Gasteiger partial charge in [0.25, 0.3) is 0 Å². The molecule has 21 heavy (non-hydrogen) atoms. The first-order valence-corrected chi connectivity index (χ1v) is 8.20. The fourth-order valence-electron chi connectivity index (χ4n) is 2.32. The molecular weight excluding hydrogens is 284 g/mol. The highest BCUT2D eigenvalue weighted by Crippen LogP contribution is 2.24. The van der Waals surface area contributed by atoms with Crippen molar-refractivity contribution in [2.45, 2.75) is 55.8 Å². The van der Waals surface area contributed by atoms with E-state index in [0.29, 0.717) is 18.1 Å². The molecule has 2 N–H and O–H groups in total. The lowest BCUT2D eigenvalue weighted by molar-refractivity contribution is -0.126. The number of nitrogens with one attached hydrogen (secondary N) is 2. The smallest absolute Gasteiger partial charge is 0.243 e. The normalized spacial score (nSPS) is 19.4. The topological polar surface area (TPSA) is 58.2 Å². The summed E-state index contributed by atoms with van der Waals surface area (Å²) in [6.45, 7) is 6.29. The van der Waals surface area contributed by atoms with Crippen LogP contribution in [0.2, 0.25) is 0 Å². The molecule has 1 aromatic carbocycles. The molecule has 0 unspecified atom stereocenters. The van der Waals surface area contributed by atoms with Crippen molar-refractivity contribution in [1.29, 1.82) is 0 Å². The molecule has 114 valence electrons. The van der Waals surface area contributed by atoms with Crippen LogP contribution in [0.4, 0.5) is 0 Å². The largest absolute Gasteiger partial charge is 0.348 e. The average Bonchev–Trinajstić information content (AvgIpc) is 2.85. The van der Waals surface area contributed by atoms with Crippen LogP contribution in [0.15, 0.2) is 29.2 Å². The number of hydrogen-bond donors (Lipinski definition) is 2. The molecule has 1 fully saturated rings. The van der Waals surface area contributed by atoms with Crippen LogP contribution in [-0.4, -0.2) is 23.1 Å². The van der Waals surface area contributed by atoms with Crippen LogP contribution in [0.5, 0.6) is 0 Å². The molecule has 0 saturated carbocycles. The van der Waals surface area contributed by atoms with Gasteiger partial charge in [-0.15, -0.1) is 11.8 Å². The molecule has 0 aliphatic carbocycles. The second kappa shape index (κ2) is 6.98. The van der Waals surface area contributed by atoms with Crippen molar-refractivity contribution in [3.63, 3.8) is 0 Å². The van der Waals surface area contributed by atoms with Gasteiger partial charge in [-0.2, -0.15) is 0 Å². The van der Waals surface area contributed by atoms with Crippen molar-refractivity contribution in [1.82, 2.24) is 10.6 Å². The molecule has 4 nitrogen and oxygen atoms in total. The Morgan fingerprint density at radius 1 is 1.29 bits per heavy atom. The number of benzene rings is 1. The van der Waals surface area contributed by atoms with E-state index in [2.05, 4.69) is 36.6 Å². The lowest BCUT2D eigenvalue weighted by Gasteiger charge is -2.18. The van der Waals surface area contributed by atoms with Gasteiger partial charge in [-0.05, 0) is 31.0 Å². The number of rotatable bonds is 5. The molecule has 2 atom stereocenters. The van der Waals surface area contributed by atoms with Gasteiger partial charge in [0.1, 0.15) is 6.04 Å². The second-order valence-corrected chi connectivity index (χ2v) is 7.27. The van der Waals surface area contributed by atoms with E-state index in [0.717, 1.165) is 5.56 Å². The fraction of sp³-hybridized carbons (Fsp3) is 0.500. The summed E-state index contributed by atoms with van der Waals surface area (Å²) >= 11 is 1.82. The van der Waals surface area contributed by atoms with Crippen LogP contribution in [0, 0.1) is 0 Å². The SMILES string of the molecule is CC(C)Sc1ccc([C@H](C)NC(=O)[C@H]2CCC(=O)N2)cc1. The first kappa shape index (κ1) is 15.9. The zero-order valence-corrected chi connectivity index (χ0v) is 13.5. The Morgan fingerprint density at radius 2 is 1.95 bits per heavy atom. The molecule has 2 rings (SSSR count). The second-order valence-electron chi connectivity index (χ2n) is 5.62. The van der Waals surface area contributed by atoms with Crippen LogP contribution in [0.3, 0.4) is 0 Å². The quantitative estimate of drug-likeness (QED) is 0.822. The summed E-state index contributed by atoms with van der Waals surface area (Å²) in [4.78, 5) is 24.4. The van der Waals surface area contributed by atoms with Gasteiger partial charge in [-0.3, -0.25) is 9.59 Å². The third-order valence-corrected chi connectivity index (χ3v) is 4.44. The van der Waals surface area contributed by atoms with E-state index in [4.69, 9.17) is 0 Å². The molecule has 0 aromatic heterocycles. The van der Waals surface area contributed by atoms with Gasteiger partial charge in [0.15, 0.2) is 0 Å². The zero-order chi connectivity index (χ0) is 15.4. The Bertz CT molecular complexity index is 514. The molecular formula is C16H22N2O2S. The summed E-state index contributed by atoms with van der Waals surface area (Å²) in [6.07, 6.45) is 1.02. The predicted octanol–water partition coefficient (Wildman–Crippen LogP) is 2.64. The highest BCUT2D eigenvalue weighted by molar-refractivity contribution is 7.99. The fourth-order valence-corrected chi connectivity index (χ4v) is 3.15. The Hall–Kier alpha value is -1.49. The summed E-state index contributed by atoms with van der Waals surface area (Å²) in [7, 11) is 0. The predicted molar refractivity (Wildman–Crippen MR) is 85.2 cm³/mol. The van der Waals surface area contributed by atoms with E-state index in [9.17, 15) is 9.59 Å². The van der Waals surface area contributed by atoms with Gasteiger partial charge < -0.3 is 10.6 Å². The molecule has 1 aromatic rings. The number of amides is 2. The Morgan fingerprint density at radius 3 is 2.48 bits per heavy atom. The molecule has 0 radical (unpaired) electrons. The number of thioether (sulfide) groups is 1. The standard InChI is InChI=1S/C16H22N2O2S/c1-10(2)21-13-6-4-12(5-7-13)11(3)17-16(20)14-8-9-15(19)18-14/h4-7,10-11,14H,8-9H2,1-3H3,(H,17,20)(H,18,19)/t11-,14+/m0/s1. The van der Waals surface area contributed by atoms with E-state index in [1.54, 1.807) is 0 Å². The molecule has 1 saturated heterocycles. The number of carbonyl (C=O) groups excluding carboxylic acids is 2. The lowest BCUT2D eigenvalue weighted by Crippen LogP contribution is -2.42. The van der Waals surface area contributed by atoms with Crippen molar-refractivity contribution in [2.75, 3.05) is 0 Å². The number of hydrogen-bond acceptors (Lipinski definition) is 3. The zero-order valence-electron chi connectivity index (χ0n) is 12.7. The molecule has 0 bridgehead atoms. The minimum atomic E-state index is -0.379. The van der Waals surface area contributed by atoms with Crippen molar-refractivity contribution >= 4 is 23.6 Å². The van der Waals surface area contributed by atoms with Gasteiger partial charge in [-0.25, -0.2) is 0 Å². The molecule has 1 aliphatic heterocycles. The maximum absolute atomic E-state index is 12.1. The Kier molecular flexibility index (Phi) is 5.28. The van der Waals surface area contributed by atoms with E-state index in [-0.39, 0.29) is 23.9 Å². The van der Waals surface area contributed by atoms with Crippen molar-refractivity contribution < 1.29 is 9.59 Å². The number of carbonyl (C=O) groups is 2. The third-order valence-electron chi connectivity index (χ3n) is 3.42. The van der Waals surface area contributed by atoms with E-state index in [1.165, 1.54) is 4.90 Å². The molecule has 2 amide bonds. The van der Waals surface area contributed by atoms with E-state index in [1.807, 2.05) is 30.8 Å². The van der Waals surface area contributed by atoms with Crippen LogP contribution in [-0.2, 0) is 9.59 Å². The van der Waals surface area contributed by atoms with Gasteiger partial charge >= 0.3 is 0 Å². The van der Waals surface area contributed by atoms with E-state index < -0.39 is 0 Å².